The Morgan fingerprint density at radius 1 is 1.09 bits per heavy atom. The van der Waals surface area contributed by atoms with Gasteiger partial charge in [-0.2, -0.15) is 0 Å². The Labute approximate surface area is 192 Å². The molecule has 5 heteroatoms. The van der Waals surface area contributed by atoms with E-state index in [-0.39, 0.29) is 23.2 Å². The molecule has 0 bridgehead atoms. The molecule has 0 spiro atoms. The molecule has 3 nitrogen and oxygen atoms in total. The van der Waals surface area contributed by atoms with E-state index in [1.807, 2.05) is 0 Å². The number of fused-ring (bicyclic) bond motifs is 5. The van der Waals surface area contributed by atoms with Crippen molar-refractivity contribution in [3.63, 3.8) is 0 Å². The van der Waals surface area contributed by atoms with Gasteiger partial charge in [0, 0.05) is 18.3 Å². The first-order chi connectivity index (χ1) is 14.7. The summed E-state index contributed by atoms with van der Waals surface area (Å²) >= 11 is 0. The van der Waals surface area contributed by atoms with E-state index < -0.39 is 23.7 Å². The van der Waals surface area contributed by atoms with Gasteiger partial charge in [-0.1, -0.05) is 44.1 Å². The Kier molecular flexibility index (Phi) is 6.00. The lowest BCUT2D eigenvalue weighted by Crippen LogP contribution is -2.52. The van der Waals surface area contributed by atoms with Crippen LogP contribution in [-0.4, -0.2) is 39.1 Å². The topological polar surface area (TPSA) is 60.7 Å². The standard InChI is InChI=1S/C27H42F2O3/c1-16(10-13-27(28,29)24(2,3)32)20-8-9-21-19-7-6-17-14-18(30)15-23(31)26(17,5)22(19)11-12-25(20,21)4/h6-7,16,18,20-23,30-32H,8-15H2,1-5H3/t16?,18-,20-,21?,22?,23+,25-,26+/m1/s1. The van der Waals surface area contributed by atoms with Gasteiger partial charge >= 0.3 is 0 Å². The van der Waals surface area contributed by atoms with Crippen molar-refractivity contribution in [1.82, 2.24) is 0 Å². The molecule has 0 saturated heterocycles. The van der Waals surface area contributed by atoms with Gasteiger partial charge in [-0.25, -0.2) is 8.78 Å². The van der Waals surface area contributed by atoms with Crippen molar-refractivity contribution >= 4 is 0 Å². The van der Waals surface area contributed by atoms with Gasteiger partial charge in [0.2, 0.25) is 0 Å². The number of aliphatic hydroxyl groups is 3. The summed E-state index contributed by atoms with van der Waals surface area (Å²) < 4.78 is 28.8. The fourth-order valence-electron chi connectivity index (χ4n) is 7.94. The van der Waals surface area contributed by atoms with E-state index in [9.17, 15) is 24.1 Å². The molecule has 0 aromatic carbocycles. The first-order valence-electron chi connectivity index (χ1n) is 12.6. The lowest BCUT2D eigenvalue weighted by Gasteiger charge is -2.56. The molecule has 0 aliphatic heterocycles. The van der Waals surface area contributed by atoms with Crippen LogP contribution in [0.4, 0.5) is 8.78 Å². The van der Waals surface area contributed by atoms with E-state index in [1.165, 1.54) is 25.0 Å². The van der Waals surface area contributed by atoms with Crippen molar-refractivity contribution < 1.29 is 24.1 Å². The summed E-state index contributed by atoms with van der Waals surface area (Å²) in [7, 11) is 0. The second-order valence-corrected chi connectivity index (χ2v) is 12.4. The SMILES string of the molecule is CC(CCC(F)(F)C(C)(C)O)[C@H]1CCC2C3=CC=C4C[C@@H](O)C[C@H](O)[C@]4(C)C3CC[C@@]21C. The highest BCUT2D eigenvalue weighted by Gasteiger charge is 2.59. The predicted octanol–water partition coefficient (Wildman–Crippen LogP) is 5.64. The van der Waals surface area contributed by atoms with Crippen LogP contribution in [-0.2, 0) is 0 Å². The number of halogens is 2. The van der Waals surface area contributed by atoms with Gasteiger partial charge in [-0.3, -0.25) is 0 Å². The molecule has 8 atom stereocenters. The Morgan fingerprint density at radius 3 is 2.44 bits per heavy atom. The summed E-state index contributed by atoms with van der Waals surface area (Å²) in [5.41, 5.74) is 0.415. The quantitative estimate of drug-likeness (QED) is 0.506. The van der Waals surface area contributed by atoms with Gasteiger partial charge in [-0.05, 0) is 81.5 Å². The number of allylic oxidation sites excluding steroid dienone is 3. The van der Waals surface area contributed by atoms with Crippen LogP contribution in [0.3, 0.4) is 0 Å². The lowest BCUT2D eigenvalue weighted by atomic mass is 9.49. The summed E-state index contributed by atoms with van der Waals surface area (Å²) in [5.74, 6) is -1.78. The summed E-state index contributed by atoms with van der Waals surface area (Å²) in [6.07, 6.45) is 8.83. The Bertz CT molecular complexity index is 797. The molecule has 32 heavy (non-hydrogen) atoms. The number of hydrogen-bond donors (Lipinski definition) is 3. The maximum atomic E-state index is 14.4. The van der Waals surface area contributed by atoms with Crippen LogP contribution in [0.5, 0.6) is 0 Å². The predicted molar refractivity (Wildman–Crippen MR) is 122 cm³/mol. The lowest BCUT2D eigenvalue weighted by molar-refractivity contribution is -0.168. The normalized spacial score (nSPS) is 43.0. The van der Waals surface area contributed by atoms with Gasteiger partial charge in [0.05, 0.1) is 12.2 Å². The summed E-state index contributed by atoms with van der Waals surface area (Å²) in [5, 5.41) is 31.0. The summed E-state index contributed by atoms with van der Waals surface area (Å²) in [6, 6.07) is 0. The average Bonchev–Trinajstić information content (AvgIpc) is 3.04. The number of hydrogen-bond acceptors (Lipinski definition) is 3. The minimum absolute atomic E-state index is 0.0899. The molecule has 0 radical (unpaired) electrons. The monoisotopic (exact) mass is 452 g/mol. The molecule has 3 N–H and O–H groups in total. The second kappa shape index (κ2) is 7.88. The van der Waals surface area contributed by atoms with Crippen LogP contribution in [0.1, 0.15) is 86.0 Å². The number of aliphatic hydroxyl groups excluding tert-OH is 2. The fraction of sp³-hybridized carbons (Fsp3) is 0.852. The van der Waals surface area contributed by atoms with Crippen LogP contribution in [0, 0.1) is 34.5 Å². The van der Waals surface area contributed by atoms with Crippen molar-refractivity contribution in [1.29, 1.82) is 0 Å². The molecule has 182 valence electrons. The zero-order valence-corrected chi connectivity index (χ0v) is 20.4. The zero-order valence-electron chi connectivity index (χ0n) is 20.4. The largest absolute Gasteiger partial charge is 0.393 e. The van der Waals surface area contributed by atoms with Crippen LogP contribution < -0.4 is 0 Å². The highest BCUT2D eigenvalue weighted by Crippen LogP contribution is 2.66. The van der Waals surface area contributed by atoms with Gasteiger partial charge in [0.1, 0.15) is 5.60 Å². The average molecular weight is 453 g/mol. The molecule has 0 aromatic heterocycles. The Balaban J connectivity index is 1.54. The minimum Gasteiger partial charge on any atom is -0.393 e. The molecule has 0 heterocycles. The third-order valence-electron chi connectivity index (χ3n) is 10.2. The van der Waals surface area contributed by atoms with Crippen LogP contribution in [0.2, 0.25) is 0 Å². The number of rotatable bonds is 5. The molecular formula is C27H42F2O3. The summed E-state index contributed by atoms with van der Waals surface area (Å²) in [6.45, 7) is 9.06. The van der Waals surface area contributed by atoms with Gasteiger partial charge < -0.3 is 15.3 Å². The van der Waals surface area contributed by atoms with Crippen LogP contribution in [0.25, 0.3) is 0 Å². The first-order valence-corrected chi connectivity index (χ1v) is 12.6. The van der Waals surface area contributed by atoms with E-state index in [1.54, 1.807) is 0 Å². The minimum atomic E-state index is -3.08. The van der Waals surface area contributed by atoms with Gasteiger partial charge in [0.15, 0.2) is 0 Å². The van der Waals surface area contributed by atoms with Gasteiger partial charge in [-0.15, -0.1) is 0 Å². The fourth-order valence-corrected chi connectivity index (χ4v) is 7.94. The maximum absolute atomic E-state index is 14.4. The molecular weight excluding hydrogens is 410 g/mol. The Hall–Kier alpha value is -0.780. The van der Waals surface area contributed by atoms with E-state index in [0.29, 0.717) is 37.0 Å². The van der Waals surface area contributed by atoms with Crippen molar-refractivity contribution in [3.05, 3.63) is 23.3 Å². The van der Waals surface area contributed by atoms with Crippen molar-refractivity contribution in [2.24, 2.45) is 34.5 Å². The van der Waals surface area contributed by atoms with E-state index in [4.69, 9.17) is 0 Å². The van der Waals surface area contributed by atoms with Crippen molar-refractivity contribution in [2.75, 3.05) is 0 Å². The van der Waals surface area contributed by atoms with E-state index >= 15 is 0 Å². The zero-order chi connectivity index (χ0) is 23.7. The first kappa shape index (κ1) is 24.3. The van der Waals surface area contributed by atoms with E-state index in [0.717, 1.165) is 25.7 Å². The highest BCUT2D eigenvalue weighted by molar-refractivity contribution is 5.40. The molecule has 3 unspecified atom stereocenters. The third kappa shape index (κ3) is 3.62. The van der Waals surface area contributed by atoms with Crippen LogP contribution in [0.15, 0.2) is 23.3 Å². The third-order valence-corrected chi connectivity index (χ3v) is 10.2. The molecule has 4 rings (SSSR count). The number of alkyl halides is 2. The van der Waals surface area contributed by atoms with Crippen molar-refractivity contribution in [2.45, 2.75) is 110 Å². The maximum Gasteiger partial charge on any atom is 0.275 e. The molecule has 3 saturated carbocycles. The molecule has 3 fully saturated rings. The second-order valence-electron chi connectivity index (χ2n) is 12.4. The molecule has 0 amide bonds. The molecule has 0 aromatic rings. The van der Waals surface area contributed by atoms with Crippen LogP contribution >= 0.6 is 0 Å². The van der Waals surface area contributed by atoms with E-state index in [2.05, 4.69) is 32.9 Å². The summed E-state index contributed by atoms with van der Waals surface area (Å²) in [4.78, 5) is 0. The van der Waals surface area contributed by atoms with Crippen molar-refractivity contribution in [3.8, 4) is 0 Å². The molecule has 4 aliphatic rings. The highest BCUT2D eigenvalue weighted by atomic mass is 19.3. The Morgan fingerprint density at radius 2 is 1.78 bits per heavy atom. The molecule has 4 aliphatic carbocycles. The smallest absolute Gasteiger partial charge is 0.275 e. The van der Waals surface area contributed by atoms with Gasteiger partial charge in [0.25, 0.3) is 5.92 Å².